The first-order valence-corrected chi connectivity index (χ1v) is 10.2. The Morgan fingerprint density at radius 3 is 2.67 bits per heavy atom. The average Bonchev–Trinajstić information content (AvgIpc) is 3.20. The molecule has 4 heteroatoms. The molecule has 0 atom stereocenters. The number of halogens is 1. The Labute approximate surface area is 168 Å². The largest absolute Gasteiger partial charge is 0.489 e. The highest BCUT2D eigenvalue weighted by Crippen LogP contribution is 2.29. The Balaban J connectivity index is 1.56. The summed E-state index contributed by atoms with van der Waals surface area (Å²) in [5.74, 6) is 0.910. The molecule has 0 saturated heterocycles. The van der Waals surface area contributed by atoms with Crippen LogP contribution in [0.1, 0.15) is 16.0 Å². The van der Waals surface area contributed by atoms with Gasteiger partial charge in [0.25, 0.3) is 0 Å². The second-order valence-electron chi connectivity index (χ2n) is 6.36. The van der Waals surface area contributed by atoms with Crippen molar-refractivity contribution in [1.82, 2.24) is 5.32 Å². The van der Waals surface area contributed by atoms with Gasteiger partial charge in [-0.25, -0.2) is 0 Å². The minimum atomic E-state index is 0.497. The van der Waals surface area contributed by atoms with Gasteiger partial charge in [0.2, 0.25) is 0 Å². The molecule has 0 amide bonds. The third-order valence-corrected chi connectivity index (χ3v) is 5.57. The number of fused-ring (bicyclic) bond motifs is 1. The minimum absolute atomic E-state index is 0.497. The fourth-order valence-corrected chi connectivity index (χ4v) is 4.03. The van der Waals surface area contributed by atoms with Crippen molar-refractivity contribution in [1.29, 1.82) is 0 Å². The van der Waals surface area contributed by atoms with Gasteiger partial charge in [0.05, 0.1) is 0 Å². The zero-order chi connectivity index (χ0) is 18.5. The van der Waals surface area contributed by atoms with E-state index in [2.05, 4.69) is 59.2 Å². The van der Waals surface area contributed by atoms with E-state index in [0.717, 1.165) is 29.4 Å². The highest BCUT2D eigenvalue weighted by molar-refractivity contribution is 7.09. The molecule has 0 aliphatic rings. The SMILES string of the molecule is Clc1cccc(COc2ccc3ccccc3c2CNCc2cccs2)c1. The van der Waals surface area contributed by atoms with E-state index in [0.29, 0.717) is 6.61 Å². The molecule has 0 aliphatic carbocycles. The molecule has 0 spiro atoms. The van der Waals surface area contributed by atoms with Crippen molar-refractivity contribution in [3.05, 3.63) is 99.2 Å². The molecule has 27 heavy (non-hydrogen) atoms. The summed E-state index contributed by atoms with van der Waals surface area (Å²) < 4.78 is 6.18. The summed E-state index contributed by atoms with van der Waals surface area (Å²) in [6, 6.07) is 24.6. The molecule has 4 aromatic rings. The Morgan fingerprint density at radius 2 is 1.81 bits per heavy atom. The number of benzene rings is 3. The van der Waals surface area contributed by atoms with Crippen LogP contribution in [0.15, 0.2) is 78.2 Å². The summed E-state index contributed by atoms with van der Waals surface area (Å²) in [5, 5.41) is 8.83. The monoisotopic (exact) mass is 393 g/mol. The summed E-state index contributed by atoms with van der Waals surface area (Å²) >= 11 is 7.86. The lowest BCUT2D eigenvalue weighted by Crippen LogP contribution is -2.13. The number of ether oxygens (including phenoxy) is 1. The summed E-state index contributed by atoms with van der Waals surface area (Å²) in [6.07, 6.45) is 0. The second-order valence-corrected chi connectivity index (χ2v) is 7.83. The van der Waals surface area contributed by atoms with Gasteiger partial charge in [0.1, 0.15) is 12.4 Å². The molecule has 0 unspecified atom stereocenters. The predicted molar refractivity (Wildman–Crippen MR) is 115 cm³/mol. The Hall–Kier alpha value is -2.33. The van der Waals surface area contributed by atoms with E-state index < -0.39 is 0 Å². The maximum absolute atomic E-state index is 6.18. The molecule has 1 heterocycles. The van der Waals surface area contributed by atoms with Crippen molar-refractivity contribution >= 4 is 33.7 Å². The smallest absolute Gasteiger partial charge is 0.124 e. The van der Waals surface area contributed by atoms with Crippen molar-refractivity contribution in [3.63, 3.8) is 0 Å². The fourth-order valence-electron chi connectivity index (χ4n) is 3.15. The van der Waals surface area contributed by atoms with E-state index in [-0.39, 0.29) is 0 Å². The van der Waals surface area contributed by atoms with Crippen LogP contribution in [0.3, 0.4) is 0 Å². The first-order valence-electron chi connectivity index (χ1n) is 8.90. The van der Waals surface area contributed by atoms with Crippen molar-refractivity contribution in [2.24, 2.45) is 0 Å². The van der Waals surface area contributed by atoms with E-state index in [4.69, 9.17) is 16.3 Å². The van der Waals surface area contributed by atoms with Crippen LogP contribution in [0.4, 0.5) is 0 Å². The summed E-state index contributed by atoms with van der Waals surface area (Å²) in [4.78, 5) is 1.33. The van der Waals surface area contributed by atoms with Gasteiger partial charge >= 0.3 is 0 Å². The van der Waals surface area contributed by atoms with E-state index >= 15 is 0 Å². The van der Waals surface area contributed by atoms with Gasteiger partial charge in [-0.1, -0.05) is 60.1 Å². The molecule has 0 fully saturated rings. The van der Waals surface area contributed by atoms with Crippen LogP contribution in [-0.4, -0.2) is 0 Å². The van der Waals surface area contributed by atoms with Crippen LogP contribution in [0.2, 0.25) is 5.02 Å². The molecule has 2 nitrogen and oxygen atoms in total. The van der Waals surface area contributed by atoms with Crippen molar-refractivity contribution in [3.8, 4) is 5.75 Å². The maximum atomic E-state index is 6.18. The molecule has 1 N–H and O–H groups in total. The predicted octanol–water partition coefficient (Wildman–Crippen LogP) is 6.42. The Kier molecular flexibility index (Phi) is 5.73. The maximum Gasteiger partial charge on any atom is 0.124 e. The fraction of sp³-hybridized carbons (Fsp3) is 0.130. The van der Waals surface area contributed by atoms with E-state index in [9.17, 15) is 0 Å². The molecule has 136 valence electrons. The molecule has 0 aliphatic heterocycles. The third kappa shape index (κ3) is 4.51. The van der Waals surface area contributed by atoms with Crippen LogP contribution in [0, 0.1) is 0 Å². The molecule has 1 aromatic heterocycles. The number of hydrogen-bond acceptors (Lipinski definition) is 3. The summed E-state index contributed by atoms with van der Waals surface area (Å²) in [5.41, 5.74) is 2.25. The van der Waals surface area contributed by atoms with Crippen molar-refractivity contribution < 1.29 is 4.74 Å². The number of rotatable bonds is 7. The van der Waals surface area contributed by atoms with E-state index in [1.165, 1.54) is 21.2 Å². The van der Waals surface area contributed by atoms with Crippen LogP contribution in [0.5, 0.6) is 5.75 Å². The second kappa shape index (κ2) is 8.57. The van der Waals surface area contributed by atoms with Gasteiger partial charge in [-0.15, -0.1) is 11.3 Å². The van der Waals surface area contributed by atoms with Gasteiger partial charge in [-0.3, -0.25) is 0 Å². The van der Waals surface area contributed by atoms with Crippen LogP contribution >= 0.6 is 22.9 Å². The van der Waals surface area contributed by atoms with Crippen LogP contribution in [-0.2, 0) is 19.7 Å². The zero-order valence-corrected chi connectivity index (χ0v) is 16.4. The third-order valence-electron chi connectivity index (χ3n) is 4.46. The standard InChI is InChI=1S/C23H20ClNOS/c24-19-7-3-5-17(13-19)16-26-23-11-10-18-6-1-2-9-21(18)22(23)15-25-14-20-8-4-12-27-20/h1-13,25H,14-16H2. The Morgan fingerprint density at radius 1 is 0.889 bits per heavy atom. The molecule has 0 radical (unpaired) electrons. The van der Waals surface area contributed by atoms with Crippen LogP contribution < -0.4 is 10.1 Å². The lowest BCUT2D eigenvalue weighted by atomic mass is 10.0. The topological polar surface area (TPSA) is 21.3 Å². The zero-order valence-electron chi connectivity index (χ0n) is 14.8. The van der Waals surface area contributed by atoms with E-state index in [1.54, 1.807) is 11.3 Å². The molecule has 0 saturated carbocycles. The quantitative estimate of drug-likeness (QED) is 0.391. The molecular weight excluding hydrogens is 374 g/mol. The minimum Gasteiger partial charge on any atom is -0.489 e. The number of nitrogens with one attached hydrogen (secondary N) is 1. The normalized spacial score (nSPS) is 11.0. The lowest BCUT2D eigenvalue weighted by Gasteiger charge is -2.15. The number of hydrogen-bond donors (Lipinski definition) is 1. The van der Waals surface area contributed by atoms with Gasteiger partial charge in [0, 0.05) is 28.6 Å². The molecule has 4 rings (SSSR count). The number of thiophene rings is 1. The van der Waals surface area contributed by atoms with Crippen molar-refractivity contribution in [2.45, 2.75) is 19.7 Å². The van der Waals surface area contributed by atoms with Crippen molar-refractivity contribution in [2.75, 3.05) is 0 Å². The van der Waals surface area contributed by atoms with Gasteiger partial charge in [0.15, 0.2) is 0 Å². The Bertz CT molecular complexity index is 1030. The highest BCUT2D eigenvalue weighted by atomic mass is 35.5. The average molecular weight is 394 g/mol. The lowest BCUT2D eigenvalue weighted by molar-refractivity contribution is 0.302. The van der Waals surface area contributed by atoms with Gasteiger partial charge in [-0.05, 0) is 46.0 Å². The van der Waals surface area contributed by atoms with Gasteiger partial charge in [-0.2, -0.15) is 0 Å². The molecule has 3 aromatic carbocycles. The molecular formula is C23H20ClNOS. The van der Waals surface area contributed by atoms with Crippen LogP contribution in [0.25, 0.3) is 10.8 Å². The first kappa shape index (κ1) is 18.1. The summed E-state index contributed by atoms with van der Waals surface area (Å²) in [7, 11) is 0. The van der Waals surface area contributed by atoms with E-state index in [1.807, 2.05) is 24.3 Å². The van der Waals surface area contributed by atoms with Gasteiger partial charge < -0.3 is 10.1 Å². The highest BCUT2D eigenvalue weighted by Gasteiger charge is 2.09. The summed E-state index contributed by atoms with van der Waals surface area (Å²) in [6.45, 7) is 2.11. The first-order chi connectivity index (χ1) is 13.3. The molecule has 0 bridgehead atoms.